The molecule has 0 spiro atoms. The molecule has 4 aromatic rings. The van der Waals surface area contributed by atoms with E-state index in [1.54, 1.807) is 6.07 Å². The van der Waals surface area contributed by atoms with Crippen molar-refractivity contribution in [3.63, 3.8) is 0 Å². The minimum atomic E-state index is -0.435. The number of ether oxygens (including phenoxy) is 1. The van der Waals surface area contributed by atoms with E-state index in [0.717, 1.165) is 61.9 Å². The maximum absolute atomic E-state index is 16.4. The van der Waals surface area contributed by atoms with E-state index in [9.17, 15) is 0 Å². The molecule has 8 nitrogen and oxygen atoms in total. The number of benzene rings is 2. The second kappa shape index (κ2) is 9.32. The zero-order valence-corrected chi connectivity index (χ0v) is 21.5. The maximum atomic E-state index is 16.4. The van der Waals surface area contributed by atoms with Gasteiger partial charge in [0.25, 0.3) is 0 Å². The zero-order chi connectivity index (χ0) is 25.8. The predicted molar refractivity (Wildman–Crippen MR) is 148 cm³/mol. The van der Waals surface area contributed by atoms with Gasteiger partial charge in [-0.1, -0.05) is 24.3 Å². The quantitative estimate of drug-likeness (QED) is 0.414. The summed E-state index contributed by atoms with van der Waals surface area (Å²) in [5.74, 6) is 0.650. The third-order valence-corrected chi connectivity index (χ3v) is 8.37. The number of piperazine rings is 1. The number of anilines is 2. The van der Waals surface area contributed by atoms with Crippen LogP contribution < -0.4 is 20.7 Å². The summed E-state index contributed by atoms with van der Waals surface area (Å²) in [6.07, 6.45) is 4.52. The van der Waals surface area contributed by atoms with Gasteiger partial charge < -0.3 is 25.6 Å². The van der Waals surface area contributed by atoms with Crippen LogP contribution in [-0.4, -0.2) is 71.3 Å². The topological polar surface area (TPSA) is 92.4 Å². The Morgan fingerprint density at radius 3 is 2.63 bits per heavy atom. The molecule has 3 aliphatic rings. The molecule has 9 heteroatoms. The number of halogens is 1. The van der Waals surface area contributed by atoms with E-state index in [-0.39, 0.29) is 11.5 Å². The third kappa shape index (κ3) is 4.10. The second-order valence-corrected chi connectivity index (χ2v) is 10.9. The molecule has 2 bridgehead atoms. The molecule has 3 fully saturated rings. The van der Waals surface area contributed by atoms with Gasteiger partial charge in [0.2, 0.25) is 0 Å². The minimum Gasteiger partial charge on any atom is -0.462 e. The van der Waals surface area contributed by atoms with Gasteiger partial charge in [-0.05, 0) is 62.9 Å². The fourth-order valence-corrected chi connectivity index (χ4v) is 6.37. The molecule has 3 saturated heterocycles. The van der Waals surface area contributed by atoms with Crippen LogP contribution in [0.2, 0.25) is 0 Å². The lowest BCUT2D eigenvalue weighted by atomic mass is 10.0. The molecule has 0 saturated carbocycles. The van der Waals surface area contributed by atoms with Crippen molar-refractivity contribution in [2.24, 2.45) is 0 Å². The summed E-state index contributed by atoms with van der Waals surface area (Å²) in [6.45, 7) is 3.20. The highest BCUT2D eigenvalue weighted by Crippen LogP contribution is 2.37. The zero-order valence-electron chi connectivity index (χ0n) is 21.5. The van der Waals surface area contributed by atoms with Crippen molar-refractivity contribution in [2.75, 3.05) is 43.9 Å². The fourth-order valence-electron chi connectivity index (χ4n) is 6.37. The van der Waals surface area contributed by atoms with Gasteiger partial charge >= 0.3 is 6.01 Å². The Hall–Kier alpha value is -3.56. The molecule has 0 unspecified atom stereocenters. The Bertz CT molecular complexity index is 1520. The van der Waals surface area contributed by atoms with E-state index >= 15 is 4.39 Å². The average molecular weight is 514 g/mol. The average Bonchev–Trinajstić information content (AvgIpc) is 3.50. The molecule has 7 rings (SSSR count). The molecule has 0 amide bonds. The van der Waals surface area contributed by atoms with Gasteiger partial charge in [-0.25, -0.2) is 9.37 Å². The van der Waals surface area contributed by atoms with Gasteiger partial charge in [-0.15, -0.1) is 0 Å². The number of aromatic nitrogens is 3. The molecular formula is C29H32FN7O. The highest BCUT2D eigenvalue weighted by atomic mass is 19.1. The first-order valence-electron chi connectivity index (χ1n) is 13.5. The summed E-state index contributed by atoms with van der Waals surface area (Å²) in [7, 11) is 2.11. The Balaban J connectivity index is 1.36. The standard InChI is InChI=1S/C29H32FN7O/c1-36-12-4-6-20(36)16-38-29-34-27-23(28(35-29)37-14-18-8-9-19(15-37)32-18)11-10-22(25(27)30)26-21-7-3-2-5-17(21)13-24(31)33-26/h2-3,5,7,10-11,13,18-20,32H,4,6,8-9,12,14-16H2,1H3,(H2,31,33)/t18-,19+,20-/m0/s1. The number of fused-ring (bicyclic) bond motifs is 4. The summed E-state index contributed by atoms with van der Waals surface area (Å²) in [5, 5.41) is 6.11. The van der Waals surface area contributed by atoms with Crippen molar-refractivity contribution in [3.8, 4) is 17.3 Å². The number of nitrogens with zero attached hydrogens (tertiary/aromatic N) is 5. The van der Waals surface area contributed by atoms with Crippen LogP contribution in [0.25, 0.3) is 32.9 Å². The first-order valence-corrected chi connectivity index (χ1v) is 13.5. The van der Waals surface area contributed by atoms with Gasteiger partial charge in [-0.3, -0.25) is 0 Å². The normalized spacial score (nSPS) is 23.5. The highest BCUT2D eigenvalue weighted by molar-refractivity contribution is 6.00. The Morgan fingerprint density at radius 1 is 1.03 bits per heavy atom. The molecule has 0 radical (unpaired) electrons. The van der Waals surface area contributed by atoms with Crippen molar-refractivity contribution in [1.82, 2.24) is 25.2 Å². The van der Waals surface area contributed by atoms with Crippen LogP contribution in [0.15, 0.2) is 42.5 Å². The molecule has 5 heterocycles. The SMILES string of the molecule is CN1CCC[C@H]1COc1nc(N2C[C@H]3CC[C@@H](C2)N3)c2ccc(-c3nc(N)cc4ccccc34)c(F)c2n1. The van der Waals surface area contributed by atoms with E-state index in [1.807, 2.05) is 36.4 Å². The molecule has 2 aromatic heterocycles. The number of nitrogen functional groups attached to an aromatic ring is 1. The molecular weight excluding hydrogens is 481 g/mol. The van der Waals surface area contributed by atoms with Crippen LogP contribution >= 0.6 is 0 Å². The van der Waals surface area contributed by atoms with E-state index in [1.165, 1.54) is 0 Å². The Labute approximate surface area is 221 Å². The van der Waals surface area contributed by atoms with Gasteiger partial charge in [0.05, 0.1) is 5.69 Å². The number of pyridine rings is 1. The molecule has 38 heavy (non-hydrogen) atoms. The van der Waals surface area contributed by atoms with E-state index < -0.39 is 5.82 Å². The fraction of sp³-hybridized carbons (Fsp3) is 0.414. The van der Waals surface area contributed by atoms with Crippen LogP contribution in [-0.2, 0) is 0 Å². The summed E-state index contributed by atoms with van der Waals surface area (Å²) < 4.78 is 22.6. The van der Waals surface area contributed by atoms with Crippen LogP contribution in [0.1, 0.15) is 25.7 Å². The van der Waals surface area contributed by atoms with Gasteiger partial charge in [0.1, 0.15) is 23.8 Å². The summed E-state index contributed by atoms with van der Waals surface area (Å²) in [4.78, 5) is 18.6. The van der Waals surface area contributed by atoms with E-state index in [2.05, 4.69) is 32.1 Å². The maximum Gasteiger partial charge on any atom is 0.319 e. The predicted octanol–water partition coefficient (Wildman–Crippen LogP) is 3.98. The van der Waals surface area contributed by atoms with Crippen molar-refractivity contribution in [1.29, 1.82) is 0 Å². The number of hydrogen-bond donors (Lipinski definition) is 2. The Morgan fingerprint density at radius 2 is 1.84 bits per heavy atom. The lowest BCUT2D eigenvalue weighted by molar-refractivity contribution is 0.188. The van der Waals surface area contributed by atoms with Gasteiger partial charge in [0, 0.05) is 47.6 Å². The molecule has 3 aliphatic heterocycles. The number of likely N-dealkylation sites (tertiary alicyclic amines) is 1. The number of hydrogen-bond acceptors (Lipinski definition) is 8. The largest absolute Gasteiger partial charge is 0.462 e. The summed E-state index contributed by atoms with van der Waals surface area (Å²) in [5.41, 5.74) is 7.25. The first kappa shape index (κ1) is 23.5. The minimum absolute atomic E-state index is 0.222. The molecule has 2 aromatic carbocycles. The molecule has 0 aliphatic carbocycles. The van der Waals surface area contributed by atoms with Crippen molar-refractivity contribution >= 4 is 33.3 Å². The number of rotatable bonds is 5. The second-order valence-electron chi connectivity index (χ2n) is 10.9. The highest BCUT2D eigenvalue weighted by Gasteiger charge is 2.34. The first-order chi connectivity index (χ1) is 18.5. The third-order valence-electron chi connectivity index (χ3n) is 8.37. The molecule has 3 N–H and O–H groups in total. The Kier molecular flexibility index (Phi) is 5.78. The number of nitrogens with two attached hydrogens (primary N) is 1. The molecule has 3 atom stereocenters. The smallest absolute Gasteiger partial charge is 0.319 e. The van der Waals surface area contributed by atoms with Crippen molar-refractivity contribution in [3.05, 3.63) is 48.3 Å². The lowest BCUT2D eigenvalue weighted by Gasteiger charge is -2.34. The van der Waals surface area contributed by atoms with Crippen molar-refractivity contribution in [2.45, 2.75) is 43.8 Å². The van der Waals surface area contributed by atoms with E-state index in [4.69, 9.17) is 15.5 Å². The summed E-state index contributed by atoms with van der Waals surface area (Å²) in [6, 6.07) is 14.6. The number of likely N-dealkylation sites (N-methyl/N-ethyl adjacent to an activating group) is 1. The monoisotopic (exact) mass is 513 g/mol. The van der Waals surface area contributed by atoms with Crippen LogP contribution in [0.4, 0.5) is 16.0 Å². The van der Waals surface area contributed by atoms with Crippen LogP contribution in [0, 0.1) is 5.82 Å². The lowest BCUT2D eigenvalue weighted by Crippen LogP contribution is -2.51. The van der Waals surface area contributed by atoms with Crippen LogP contribution in [0.5, 0.6) is 6.01 Å². The van der Waals surface area contributed by atoms with Crippen LogP contribution in [0.3, 0.4) is 0 Å². The van der Waals surface area contributed by atoms with Gasteiger partial charge in [-0.2, -0.15) is 9.97 Å². The van der Waals surface area contributed by atoms with E-state index in [0.29, 0.717) is 47.2 Å². The number of nitrogens with one attached hydrogen (secondary N) is 1. The van der Waals surface area contributed by atoms with Crippen molar-refractivity contribution < 1.29 is 9.13 Å². The molecule has 196 valence electrons. The summed E-state index contributed by atoms with van der Waals surface area (Å²) >= 11 is 0. The van der Waals surface area contributed by atoms with Gasteiger partial charge in [0.15, 0.2) is 5.82 Å².